The Morgan fingerprint density at radius 3 is 2.59 bits per heavy atom. The molecule has 0 saturated carbocycles. The second-order valence-corrected chi connectivity index (χ2v) is 6.18. The van der Waals surface area contributed by atoms with Crippen LogP contribution in [0.5, 0.6) is 0 Å². The highest BCUT2D eigenvalue weighted by atomic mass is 19.1. The van der Waals surface area contributed by atoms with E-state index < -0.39 is 0 Å². The Balaban J connectivity index is 2.55. The van der Waals surface area contributed by atoms with Gasteiger partial charge in [0, 0.05) is 26.2 Å². The average Bonchev–Trinajstić information content (AvgIpc) is 2.37. The van der Waals surface area contributed by atoms with Crippen molar-refractivity contribution >= 4 is 11.9 Å². The number of guanidine groups is 1. The molecular formula is C16H25FN4O. The van der Waals surface area contributed by atoms with Crippen molar-refractivity contribution in [1.29, 1.82) is 0 Å². The quantitative estimate of drug-likeness (QED) is 0.658. The minimum absolute atomic E-state index is 0.104. The summed E-state index contributed by atoms with van der Waals surface area (Å²) in [6.45, 7) is 6.41. The van der Waals surface area contributed by atoms with E-state index in [0.717, 1.165) is 5.56 Å². The van der Waals surface area contributed by atoms with E-state index in [-0.39, 0.29) is 23.8 Å². The topological polar surface area (TPSA) is 56.7 Å². The number of carbonyl (C=O) groups is 1. The molecule has 0 fully saturated rings. The fourth-order valence-electron chi connectivity index (χ4n) is 1.99. The first-order valence-electron chi connectivity index (χ1n) is 7.18. The van der Waals surface area contributed by atoms with Crippen LogP contribution in [0.4, 0.5) is 4.39 Å². The van der Waals surface area contributed by atoms with Gasteiger partial charge in [-0.1, -0.05) is 12.1 Å². The summed E-state index contributed by atoms with van der Waals surface area (Å²) in [5.41, 5.74) is 0.569. The number of rotatable bonds is 4. The predicted molar refractivity (Wildman–Crippen MR) is 87.1 cm³/mol. The lowest BCUT2D eigenvalue weighted by atomic mass is 10.1. The smallest absolute Gasteiger partial charge is 0.239 e. The van der Waals surface area contributed by atoms with Gasteiger partial charge in [0.05, 0.1) is 6.54 Å². The molecule has 0 bridgehead atoms. The zero-order valence-electron chi connectivity index (χ0n) is 13.9. The zero-order chi connectivity index (χ0) is 16.8. The maximum Gasteiger partial charge on any atom is 0.239 e. The molecule has 1 aromatic carbocycles. The minimum Gasteiger partial charge on any atom is -0.350 e. The van der Waals surface area contributed by atoms with Gasteiger partial charge >= 0.3 is 0 Å². The number of benzene rings is 1. The first kappa shape index (κ1) is 17.9. The van der Waals surface area contributed by atoms with Crippen molar-refractivity contribution in [2.45, 2.75) is 32.9 Å². The van der Waals surface area contributed by atoms with Crippen molar-refractivity contribution in [1.82, 2.24) is 15.5 Å². The number of hydrogen-bond acceptors (Lipinski definition) is 2. The summed E-state index contributed by atoms with van der Waals surface area (Å²) in [6.07, 6.45) is 0. The Hall–Kier alpha value is -2.11. The highest BCUT2D eigenvalue weighted by Gasteiger charge is 2.14. The molecule has 0 aliphatic rings. The van der Waals surface area contributed by atoms with Crippen LogP contribution >= 0.6 is 0 Å². The van der Waals surface area contributed by atoms with Gasteiger partial charge in [-0.15, -0.1) is 0 Å². The molecule has 122 valence electrons. The summed E-state index contributed by atoms with van der Waals surface area (Å²) in [5.74, 6) is 0.208. The van der Waals surface area contributed by atoms with Gasteiger partial charge in [0.2, 0.25) is 5.91 Å². The number of amides is 1. The maximum absolute atomic E-state index is 13.2. The lowest BCUT2D eigenvalue weighted by Crippen LogP contribution is -2.48. The molecule has 0 aromatic heterocycles. The minimum atomic E-state index is -0.268. The molecule has 5 nitrogen and oxygen atoms in total. The summed E-state index contributed by atoms with van der Waals surface area (Å²) in [7, 11) is 3.48. The third-order valence-electron chi connectivity index (χ3n) is 2.80. The van der Waals surface area contributed by atoms with Crippen molar-refractivity contribution in [3.8, 4) is 0 Å². The summed E-state index contributed by atoms with van der Waals surface area (Å²) in [6, 6.07) is 6.41. The van der Waals surface area contributed by atoms with Gasteiger partial charge in [0.1, 0.15) is 5.82 Å². The standard InChI is InChI=1S/C16H25FN4O/c1-16(2,3)20-14(22)10-19-15(18-4)21(5)11-12-7-6-8-13(17)9-12/h6-9H,10-11H2,1-5H3,(H,18,19)(H,20,22). The van der Waals surface area contributed by atoms with Crippen LogP contribution in [0.25, 0.3) is 0 Å². The van der Waals surface area contributed by atoms with Crippen LogP contribution in [0.2, 0.25) is 0 Å². The van der Waals surface area contributed by atoms with Gasteiger partial charge in [0.25, 0.3) is 0 Å². The van der Waals surface area contributed by atoms with Crippen molar-refractivity contribution in [3.63, 3.8) is 0 Å². The summed E-state index contributed by atoms with van der Waals surface area (Å²) in [5, 5.41) is 5.87. The molecule has 2 N–H and O–H groups in total. The van der Waals surface area contributed by atoms with Crippen LogP contribution in [0.1, 0.15) is 26.3 Å². The Morgan fingerprint density at radius 2 is 2.05 bits per heavy atom. The van der Waals surface area contributed by atoms with E-state index in [0.29, 0.717) is 12.5 Å². The van der Waals surface area contributed by atoms with Crippen LogP contribution < -0.4 is 10.6 Å². The number of carbonyl (C=O) groups excluding carboxylic acids is 1. The first-order chi connectivity index (χ1) is 10.2. The number of hydrogen-bond donors (Lipinski definition) is 2. The van der Waals surface area contributed by atoms with Crippen molar-refractivity contribution < 1.29 is 9.18 Å². The second-order valence-electron chi connectivity index (χ2n) is 6.18. The molecule has 0 saturated heterocycles. The van der Waals surface area contributed by atoms with Gasteiger partial charge in [-0.3, -0.25) is 9.79 Å². The molecule has 0 heterocycles. The van der Waals surface area contributed by atoms with Gasteiger partial charge < -0.3 is 15.5 Å². The lowest BCUT2D eigenvalue weighted by molar-refractivity contribution is -0.121. The van der Waals surface area contributed by atoms with Crippen LogP contribution in [0, 0.1) is 5.82 Å². The molecule has 0 aliphatic carbocycles. The molecule has 0 aliphatic heterocycles. The second kappa shape index (κ2) is 7.77. The molecule has 0 spiro atoms. The first-order valence-corrected chi connectivity index (χ1v) is 7.18. The predicted octanol–water partition coefficient (Wildman–Crippen LogP) is 1.75. The number of nitrogens with zero attached hydrogens (tertiary/aromatic N) is 2. The van der Waals surface area contributed by atoms with E-state index in [1.807, 2.05) is 38.8 Å². The highest BCUT2D eigenvalue weighted by molar-refractivity contribution is 5.86. The van der Waals surface area contributed by atoms with Crippen molar-refractivity contribution in [3.05, 3.63) is 35.6 Å². The maximum atomic E-state index is 13.2. The zero-order valence-corrected chi connectivity index (χ0v) is 13.9. The van der Waals surface area contributed by atoms with E-state index in [1.165, 1.54) is 12.1 Å². The summed E-state index contributed by atoms with van der Waals surface area (Å²) < 4.78 is 13.2. The van der Waals surface area contributed by atoms with E-state index in [4.69, 9.17) is 0 Å². The van der Waals surface area contributed by atoms with E-state index >= 15 is 0 Å². The average molecular weight is 308 g/mol. The number of nitrogens with one attached hydrogen (secondary N) is 2. The van der Waals surface area contributed by atoms with Crippen LogP contribution in [0.3, 0.4) is 0 Å². The number of aliphatic imine (C=N–C) groups is 1. The fourth-order valence-corrected chi connectivity index (χ4v) is 1.99. The van der Waals surface area contributed by atoms with Crippen molar-refractivity contribution in [2.75, 3.05) is 20.6 Å². The van der Waals surface area contributed by atoms with Crippen molar-refractivity contribution in [2.24, 2.45) is 4.99 Å². The SMILES string of the molecule is CN=C(NCC(=O)NC(C)(C)C)N(C)Cc1cccc(F)c1. The molecule has 1 amide bonds. The third kappa shape index (κ3) is 6.56. The van der Waals surface area contributed by atoms with Crippen LogP contribution in [0.15, 0.2) is 29.3 Å². The highest BCUT2D eigenvalue weighted by Crippen LogP contribution is 2.06. The molecule has 0 unspecified atom stereocenters. The molecule has 1 aromatic rings. The monoisotopic (exact) mass is 308 g/mol. The van der Waals surface area contributed by atoms with Crippen LogP contribution in [-0.2, 0) is 11.3 Å². The van der Waals surface area contributed by atoms with Crippen LogP contribution in [-0.4, -0.2) is 42.9 Å². The number of halogens is 1. The normalized spacial score (nSPS) is 12.0. The van der Waals surface area contributed by atoms with Gasteiger partial charge in [-0.2, -0.15) is 0 Å². The molecule has 0 radical (unpaired) electrons. The van der Waals surface area contributed by atoms with E-state index in [9.17, 15) is 9.18 Å². The third-order valence-corrected chi connectivity index (χ3v) is 2.80. The van der Waals surface area contributed by atoms with Gasteiger partial charge in [0.15, 0.2) is 5.96 Å². The Labute approximate surface area is 131 Å². The molecule has 6 heteroatoms. The Kier molecular flexibility index (Phi) is 6.34. The molecule has 22 heavy (non-hydrogen) atoms. The molecular weight excluding hydrogens is 283 g/mol. The van der Waals surface area contributed by atoms with Gasteiger partial charge in [-0.25, -0.2) is 4.39 Å². The lowest BCUT2D eigenvalue weighted by Gasteiger charge is -2.24. The summed E-state index contributed by atoms with van der Waals surface area (Å²) >= 11 is 0. The largest absolute Gasteiger partial charge is 0.350 e. The fraction of sp³-hybridized carbons (Fsp3) is 0.500. The summed E-state index contributed by atoms with van der Waals surface area (Å²) in [4.78, 5) is 17.8. The van der Waals surface area contributed by atoms with Gasteiger partial charge in [-0.05, 0) is 38.5 Å². The van der Waals surface area contributed by atoms with E-state index in [2.05, 4.69) is 15.6 Å². The Morgan fingerprint density at radius 1 is 1.36 bits per heavy atom. The molecule has 0 atom stereocenters. The Bertz CT molecular complexity index is 537. The molecule has 1 rings (SSSR count). The van der Waals surface area contributed by atoms with E-state index in [1.54, 1.807) is 13.1 Å².